The first-order chi connectivity index (χ1) is 47.1. The van der Waals surface area contributed by atoms with Crippen molar-refractivity contribution in [3.63, 3.8) is 0 Å². The summed E-state index contributed by atoms with van der Waals surface area (Å²) in [7, 11) is -9.92. The highest BCUT2D eigenvalue weighted by atomic mass is 31.2. The molecule has 0 aromatic heterocycles. The predicted molar refractivity (Wildman–Crippen MR) is 400 cm³/mol. The number of esters is 4. The van der Waals surface area contributed by atoms with Gasteiger partial charge in [0, 0.05) is 25.7 Å². The molecular formula is C79H154O17P2. The Kier molecular flexibility index (Phi) is 66.8. The first kappa shape index (κ1) is 96.1. The Balaban J connectivity index is 5.22. The van der Waals surface area contributed by atoms with Crippen molar-refractivity contribution in [2.75, 3.05) is 39.6 Å². The van der Waals surface area contributed by atoms with Crippen molar-refractivity contribution < 1.29 is 80.2 Å². The maximum absolute atomic E-state index is 13.1. The number of phosphoric acid groups is 2. The fourth-order valence-corrected chi connectivity index (χ4v) is 13.6. The van der Waals surface area contributed by atoms with Gasteiger partial charge in [-0.25, -0.2) is 9.13 Å². The van der Waals surface area contributed by atoms with Crippen molar-refractivity contribution in [3.8, 4) is 0 Å². The number of hydrogen-bond donors (Lipinski definition) is 3. The predicted octanol–water partition coefficient (Wildman–Crippen LogP) is 23.2. The van der Waals surface area contributed by atoms with E-state index in [1.54, 1.807) is 0 Å². The fourth-order valence-electron chi connectivity index (χ4n) is 12.0. The molecule has 3 unspecified atom stereocenters. The molecule has 0 amide bonds. The Hall–Kier alpha value is -1.94. The van der Waals surface area contributed by atoms with E-state index in [2.05, 4.69) is 55.4 Å². The maximum atomic E-state index is 13.1. The minimum atomic E-state index is -4.96. The lowest BCUT2D eigenvalue weighted by molar-refractivity contribution is -0.161. The average Bonchev–Trinajstić information content (AvgIpc) is 1.09. The zero-order valence-corrected chi connectivity index (χ0v) is 66.2. The summed E-state index contributed by atoms with van der Waals surface area (Å²) < 4.78 is 68.6. The van der Waals surface area contributed by atoms with Crippen molar-refractivity contribution in [1.82, 2.24) is 0 Å². The van der Waals surface area contributed by atoms with E-state index >= 15 is 0 Å². The normalized spacial score (nSPS) is 14.3. The lowest BCUT2D eigenvalue weighted by Crippen LogP contribution is -2.30. The van der Waals surface area contributed by atoms with Crippen LogP contribution in [0, 0.1) is 23.7 Å². The van der Waals surface area contributed by atoms with Gasteiger partial charge in [0.1, 0.15) is 19.3 Å². The quantitative estimate of drug-likeness (QED) is 0.0222. The van der Waals surface area contributed by atoms with Crippen molar-refractivity contribution >= 4 is 39.5 Å². The van der Waals surface area contributed by atoms with Crippen LogP contribution in [0.2, 0.25) is 0 Å². The second-order valence-electron chi connectivity index (χ2n) is 30.1. The summed E-state index contributed by atoms with van der Waals surface area (Å²) in [5, 5.41) is 10.6. The van der Waals surface area contributed by atoms with Crippen LogP contribution in [0.1, 0.15) is 402 Å². The van der Waals surface area contributed by atoms with Gasteiger partial charge < -0.3 is 33.8 Å². The van der Waals surface area contributed by atoms with Crippen molar-refractivity contribution in [2.24, 2.45) is 23.7 Å². The molecule has 0 aliphatic carbocycles. The summed E-state index contributed by atoms with van der Waals surface area (Å²) in [6, 6.07) is 0. The second kappa shape index (κ2) is 68.2. The fraction of sp³-hybridized carbons (Fsp3) is 0.949. The van der Waals surface area contributed by atoms with Gasteiger partial charge in [0.2, 0.25) is 0 Å². The molecule has 0 heterocycles. The summed E-state index contributed by atoms with van der Waals surface area (Å²) in [6.07, 6.45) is 54.2. The third kappa shape index (κ3) is 71.1. The Morgan fingerprint density at radius 1 is 0.286 bits per heavy atom. The summed E-state index contributed by atoms with van der Waals surface area (Å²) in [5.74, 6) is 0.951. The number of rotatable bonds is 76. The maximum Gasteiger partial charge on any atom is 0.472 e. The molecule has 0 aliphatic heterocycles. The Labute approximate surface area is 600 Å². The number of unbranched alkanes of at least 4 members (excludes halogenated alkanes) is 41. The minimum absolute atomic E-state index is 0.104. The Bertz CT molecular complexity index is 1920. The zero-order valence-electron chi connectivity index (χ0n) is 64.4. The molecule has 0 radical (unpaired) electrons. The van der Waals surface area contributed by atoms with E-state index in [4.69, 9.17) is 37.0 Å². The molecule has 0 aliphatic rings. The van der Waals surface area contributed by atoms with E-state index in [1.165, 1.54) is 199 Å². The minimum Gasteiger partial charge on any atom is -0.462 e. The van der Waals surface area contributed by atoms with Crippen molar-refractivity contribution in [3.05, 3.63) is 0 Å². The molecule has 582 valence electrons. The number of phosphoric ester groups is 2. The van der Waals surface area contributed by atoms with Gasteiger partial charge in [0.05, 0.1) is 26.4 Å². The third-order valence-corrected chi connectivity index (χ3v) is 20.6. The van der Waals surface area contributed by atoms with E-state index < -0.39 is 97.5 Å². The van der Waals surface area contributed by atoms with Gasteiger partial charge in [-0.3, -0.25) is 37.3 Å². The highest BCUT2D eigenvalue weighted by Gasteiger charge is 2.30. The van der Waals surface area contributed by atoms with Gasteiger partial charge in [0.15, 0.2) is 12.2 Å². The molecule has 3 N–H and O–H groups in total. The lowest BCUT2D eigenvalue weighted by Gasteiger charge is -2.21. The number of hydrogen-bond acceptors (Lipinski definition) is 15. The molecule has 0 saturated heterocycles. The molecule has 6 atom stereocenters. The molecule has 0 saturated carbocycles. The Morgan fingerprint density at radius 3 is 0.724 bits per heavy atom. The molecule has 0 bridgehead atoms. The topological polar surface area (TPSA) is 237 Å². The number of aliphatic hydroxyl groups excluding tert-OH is 1. The third-order valence-electron chi connectivity index (χ3n) is 18.7. The summed E-state index contributed by atoms with van der Waals surface area (Å²) in [6.45, 7) is 14.2. The number of aliphatic hydroxyl groups is 1. The summed E-state index contributed by atoms with van der Waals surface area (Å²) >= 11 is 0. The molecule has 19 heteroatoms. The SMILES string of the molecule is CCC(C)CCCCCCCCC(=O)OC[C@H](COP(=O)(O)OC[C@H](O)COP(=O)(O)OC[C@@H](COC(=O)CCCCCCCCCCCCCCC(C)C)OC(=O)CCCCCCCCCCCCCCCCCCCCC(C)C)OC(=O)CCCCCCCCCCCC(C)C. The molecule has 0 spiro atoms. The van der Waals surface area contributed by atoms with Gasteiger partial charge >= 0.3 is 39.5 Å². The molecule has 0 fully saturated rings. The van der Waals surface area contributed by atoms with E-state index in [-0.39, 0.29) is 25.7 Å². The van der Waals surface area contributed by atoms with E-state index in [1.807, 2.05) is 0 Å². The van der Waals surface area contributed by atoms with Crippen LogP contribution in [-0.2, 0) is 65.4 Å². The van der Waals surface area contributed by atoms with Crippen LogP contribution in [0.25, 0.3) is 0 Å². The zero-order chi connectivity index (χ0) is 72.4. The monoisotopic (exact) mass is 1440 g/mol. The average molecular weight is 1440 g/mol. The summed E-state index contributed by atoms with van der Waals surface area (Å²) in [5.41, 5.74) is 0. The van der Waals surface area contributed by atoms with Crippen LogP contribution < -0.4 is 0 Å². The number of carbonyl (C=O) groups is 4. The Morgan fingerprint density at radius 2 is 0.490 bits per heavy atom. The molecular weight excluding hydrogens is 1280 g/mol. The first-order valence-electron chi connectivity index (χ1n) is 40.7. The standard InChI is InChI=1S/C79H154O17P2/c1-9-72(8)58-50-42-37-38-44-52-60-77(82)90-66-75(96-79(84)62-54-46-36-30-24-27-33-41-49-57-71(6)7)68-94-98(87,88)92-64-73(80)63-91-97(85,86)93-67-74(65-89-76(81)59-51-43-34-28-22-19-18-21-26-32-40-48-56-70(4)5)95-78(83)61-53-45-35-29-23-17-15-13-11-10-12-14-16-20-25-31-39-47-55-69(2)3/h69-75,80H,9-68H2,1-8H3,(H,85,86)(H,87,88)/t72?,73-,74-,75-/m1/s1. The number of carbonyl (C=O) groups excluding carboxylic acids is 4. The lowest BCUT2D eigenvalue weighted by atomic mass is 10.00. The molecule has 0 aromatic rings. The van der Waals surface area contributed by atoms with Crippen molar-refractivity contribution in [2.45, 2.75) is 420 Å². The van der Waals surface area contributed by atoms with Crippen LogP contribution in [0.15, 0.2) is 0 Å². The van der Waals surface area contributed by atoms with E-state index in [9.17, 15) is 43.2 Å². The van der Waals surface area contributed by atoms with Crippen LogP contribution in [0.5, 0.6) is 0 Å². The molecule has 0 aromatic carbocycles. The first-order valence-corrected chi connectivity index (χ1v) is 43.7. The summed E-state index contributed by atoms with van der Waals surface area (Å²) in [4.78, 5) is 72.9. The smallest absolute Gasteiger partial charge is 0.462 e. The molecule has 98 heavy (non-hydrogen) atoms. The van der Waals surface area contributed by atoms with Crippen LogP contribution in [0.4, 0.5) is 0 Å². The highest BCUT2D eigenvalue weighted by molar-refractivity contribution is 7.47. The van der Waals surface area contributed by atoms with Gasteiger partial charge in [-0.1, -0.05) is 351 Å². The van der Waals surface area contributed by atoms with Crippen LogP contribution in [0.3, 0.4) is 0 Å². The van der Waals surface area contributed by atoms with E-state index in [0.717, 1.165) is 120 Å². The van der Waals surface area contributed by atoms with Gasteiger partial charge in [-0.2, -0.15) is 0 Å². The molecule has 0 rings (SSSR count). The van der Waals surface area contributed by atoms with Gasteiger partial charge in [-0.15, -0.1) is 0 Å². The van der Waals surface area contributed by atoms with E-state index in [0.29, 0.717) is 25.7 Å². The van der Waals surface area contributed by atoms with Crippen LogP contribution >= 0.6 is 15.6 Å². The molecule has 17 nitrogen and oxygen atoms in total. The highest BCUT2D eigenvalue weighted by Crippen LogP contribution is 2.45. The van der Waals surface area contributed by atoms with Crippen molar-refractivity contribution in [1.29, 1.82) is 0 Å². The van der Waals surface area contributed by atoms with Crippen LogP contribution in [-0.4, -0.2) is 96.7 Å². The number of ether oxygens (including phenoxy) is 4. The van der Waals surface area contributed by atoms with Gasteiger partial charge in [-0.05, 0) is 49.4 Å². The largest absolute Gasteiger partial charge is 0.472 e. The second-order valence-corrected chi connectivity index (χ2v) is 33.0. The van der Waals surface area contributed by atoms with Gasteiger partial charge in [0.25, 0.3) is 0 Å².